The molecule has 0 atom stereocenters. The number of unbranched alkanes of at least 4 members (excludes halogenated alkanes) is 12. The van der Waals surface area contributed by atoms with Gasteiger partial charge in [0.15, 0.2) is 0 Å². The average Bonchev–Trinajstić information content (AvgIpc) is 2.50. The fourth-order valence-corrected chi connectivity index (χ4v) is 2.47. The Morgan fingerprint density at radius 1 is 0.714 bits per heavy atom. The second-order valence-corrected chi connectivity index (χ2v) is 5.89. The van der Waals surface area contributed by atoms with Gasteiger partial charge in [-0.25, -0.2) is 0 Å². The first kappa shape index (κ1) is 20.1. The van der Waals surface area contributed by atoms with E-state index in [1.165, 1.54) is 83.5 Å². The van der Waals surface area contributed by atoms with Crippen molar-refractivity contribution in [2.24, 2.45) is 5.11 Å². The molecule has 0 spiro atoms. The van der Waals surface area contributed by atoms with Crippen LogP contribution in [0.4, 0.5) is 0 Å². The van der Waals surface area contributed by atoms with Crippen molar-refractivity contribution in [2.45, 2.75) is 96.8 Å². The van der Waals surface area contributed by atoms with Gasteiger partial charge in [0.25, 0.3) is 0 Å². The van der Waals surface area contributed by atoms with Crippen molar-refractivity contribution < 1.29 is 0 Å². The molecule has 0 aliphatic rings. The maximum atomic E-state index is 8.14. The molecule has 3 nitrogen and oxygen atoms in total. The highest BCUT2D eigenvalue weighted by molar-refractivity contribution is 4.81. The van der Waals surface area contributed by atoms with E-state index in [0.29, 0.717) is 6.54 Å². The molecule has 0 aromatic carbocycles. The van der Waals surface area contributed by atoms with Gasteiger partial charge in [0, 0.05) is 11.5 Å². The standard InChI is InChI=1S/C18H35N3/c1-2-3-4-5-6-7-8-9-10-11-12-13-14-15-16-17-18-20-21-19/h9-10H,2-8,11-18H2,1H3/b10-9-. The fourth-order valence-electron chi connectivity index (χ4n) is 2.47. The SMILES string of the molecule is CCCCCCCC/C=C\CCCCCCCCN=[N+]=[N-]. The predicted molar refractivity (Wildman–Crippen MR) is 93.5 cm³/mol. The van der Waals surface area contributed by atoms with E-state index in [1.54, 1.807) is 0 Å². The van der Waals surface area contributed by atoms with Crippen molar-refractivity contribution in [1.29, 1.82) is 0 Å². The topological polar surface area (TPSA) is 48.8 Å². The molecule has 0 aliphatic heterocycles. The highest BCUT2D eigenvalue weighted by atomic mass is 15.1. The predicted octanol–water partition coefficient (Wildman–Crippen LogP) is 7.33. The van der Waals surface area contributed by atoms with Crippen LogP contribution in [0.15, 0.2) is 17.3 Å². The summed E-state index contributed by atoms with van der Waals surface area (Å²) >= 11 is 0. The first-order valence-electron chi connectivity index (χ1n) is 9.07. The minimum Gasteiger partial charge on any atom is -0.0940 e. The van der Waals surface area contributed by atoms with Gasteiger partial charge in [-0.3, -0.25) is 0 Å². The molecule has 0 aromatic heterocycles. The van der Waals surface area contributed by atoms with E-state index >= 15 is 0 Å². The summed E-state index contributed by atoms with van der Waals surface area (Å²) in [5.41, 5.74) is 8.14. The van der Waals surface area contributed by atoms with Crippen LogP contribution in [0.1, 0.15) is 96.8 Å². The van der Waals surface area contributed by atoms with Crippen molar-refractivity contribution in [1.82, 2.24) is 0 Å². The molecular formula is C18H35N3. The Balaban J connectivity index is 3.06. The zero-order valence-corrected chi connectivity index (χ0v) is 14.1. The van der Waals surface area contributed by atoms with Gasteiger partial charge in [-0.1, -0.05) is 82.0 Å². The highest BCUT2D eigenvalue weighted by Crippen LogP contribution is 2.09. The van der Waals surface area contributed by atoms with Gasteiger partial charge in [0.1, 0.15) is 0 Å². The van der Waals surface area contributed by atoms with Crippen LogP contribution in [0.25, 0.3) is 10.4 Å². The van der Waals surface area contributed by atoms with E-state index < -0.39 is 0 Å². The molecule has 0 N–H and O–H groups in total. The molecule has 21 heavy (non-hydrogen) atoms. The van der Waals surface area contributed by atoms with Crippen molar-refractivity contribution in [3.8, 4) is 0 Å². The van der Waals surface area contributed by atoms with Crippen LogP contribution in [0.5, 0.6) is 0 Å². The maximum absolute atomic E-state index is 8.14. The average molecular weight is 293 g/mol. The minimum atomic E-state index is 0.664. The van der Waals surface area contributed by atoms with Crippen LogP contribution in [0, 0.1) is 0 Å². The minimum absolute atomic E-state index is 0.664. The summed E-state index contributed by atoms with van der Waals surface area (Å²) < 4.78 is 0. The summed E-state index contributed by atoms with van der Waals surface area (Å²) in [6.07, 6.45) is 23.1. The molecule has 0 radical (unpaired) electrons. The molecular weight excluding hydrogens is 258 g/mol. The summed E-state index contributed by atoms with van der Waals surface area (Å²) in [4.78, 5) is 2.76. The monoisotopic (exact) mass is 293 g/mol. The highest BCUT2D eigenvalue weighted by Gasteiger charge is 1.91. The van der Waals surface area contributed by atoms with Crippen molar-refractivity contribution in [2.75, 3.05) is 6.54 Å². The first-order valence-corrected chi connectivity index (χ1v) is 9.07. The molecule has 0 amide bonds. The van der Waals surface area contributed by atoms with Crippen LogP contribution in [0.3, 0.4) is 0 Å². The summed E-state index contributed by atoms with van der Waals surface area (Å²) in [5.74, 6) is 0. The Morgan fingerprint density at radius 3 is 1.71 bits per heavy atom. The van der Waals surface area contributed by atoms with Crippen molar-refractivity contribution >= 4 is 0 Å². The number of allylic oxidation sites excluding steroid dienone is 2. The lowest BCUT2D eigenvalue weighted by atomic mass is 10.1. The maximum Gasteiger partial charge on any atom is 0.0257 e. The van der Waals surface area contributed by atoms with Gasteiger partial charge in [-0.05, 0) is 37.6 Å². The Kier molecular flexibility index (Phi) is 18.2. The third-order valence-corrected chi connectivity index (χ3v) is 3.83. The van der Waals surface area contributed by atoms with Gasteiger partial charge in [-0.2, -0.15) is 0 Å². The number of hydrogen-bond acceptors (Lipinski definition) is 1. The molecule has 0 heterocycles. The van der Waals surface area contributed by atoms with E-state index in [4.69, 9.17) is 5.53 Å². The first-order chi connectivity index (χ1) is 10.4. The normalized spacial score (nSPS) is 10.9. The Morgan fingerprint density at radius 2 is 1.19 bits per heavy atom. The number of rotatable bonds is 16. The molecule has 0 unspecified atom stereocenters. The smallest absolute Gasteiger partial charge is 0.0257 e. The van der Waals surface area contributed by atoms with E-state index in [1.807, 2.05) is 0 Å². The molecule has 0 aromatic rings. The van der Waals surface area contributed by atoms with Gasteiger partial charge in [0.2, 0.25) is 0 Å². The molecule has 0 aliphatic carbocycles. The summed E-state index contributed by atoms with van der Waals surface area (Å²) in [5, 5.41) is 3.55. The third kappa shape index (κ3) is 19.0. The van der Waals surface area contributed by atoms with Crippen LogP contribution < -0.4 is 0 Å². The summed E-state index contributed by atoms with van der Waals surface area (Å²) in [6.45, 7) is 2.93. The Labute approximate surface area is 131 Å². The Hall–Kier alpha value is -0.950. The summed E-state index contributed by atoms with van der Waals surface area (Å²) in [7, 11) is 0. The van der Waals surface area contributed by atoms with E-state index in [2.05, 4.69) is 29.1 Å². The number of nitrogens with zero attached hydrogens (tertiary/aromatic N) is 3. The van der Waals surface area contributed by atoms with Crippen LogP contribution >= 0.6 is 0 Å². The second kappa shape index (κ2) is 19.1. The molecule has 3 heteroatoms. The van der Waals surface area contributed by atoms with E-state index in [9.17, 15) is 0 Å². The molecule has 122 valence electrons. The molecule has 0 fully saturated rings. The fraction of sp³-hybridized carbons (Fsp3) is 0.889. The quantitative estimate of drug-likeness (QED) is 0.0939. The van der Waals surface area contributed by atoms with Gasteiger partial charge >= 0.3 is 0 Å². The van der Waals surface area contributed by atoms with Crippen LogP contribution in [-0.4, -0.2) is 6.54 Å². The van der Waals surface area contributed by atoms with E-state index in [0.717, 1.165) is 6.42 Å². The van der Waals surface area contributed by atoms with Crippen LogP contribution in [0.2, 0.25) is 0 Å². The molecule has 0 bridgehead atoms. The van der Waals surface area contributed by atoms with Gasteiger partial charge in [-0.15, -0.1) is 0 Å². The lowest BCUT2D eigenvalue weighted by Crippen LogP contribution is -1.82. The van der Waals surface area contributed by atoms with E-state index in [-0.39, 0.29) is 0 Å². The lowest BCUT2D eigenvalue weighted by Gasteiger charge is -1.99. The Bertz CT molecular complexity index is 268. The molecule has 0 rings (SSSR count). The largest absolute Gasteiger partial charge is 0.0940 e. The number of hydrogen-bond donors (Lipinski definition) is 0. The summed E-state index contributed by atoms with van der Waals surface area (Å²) in [6, 6.07) is 0. The number of azide groups is 1. The molecule has 0 saturated carbocycles. The third-order valence-electron chi connectivity index (χ3n) is 3.83. The van der Waals surface area contributed by atoms with Gasteiger partial charge < -0.3 is 0 Å². The zero-order valence-electron chi connectivity index (χ0n) is 14.1. The lowest BCUT2D eigenvalue weighted by molar-refractivity contribution is 0.599. The molecule has 0 saturated heterocycles. The van der Waals surface area contributed by atoms with Crippen LogP contribution in [-0.2, 0) is 0 Å². The van der Waals surface area contributed by atoms with Crippen molar-refractivity contribution in [3.63, 3.8) is 0 Å². The van der Waals surface area contributed by atoms with Crippen molar-refractivity contribution in [3.05, 3.63) is 22.6 Å². The zero-order chi connectivity index (χ0) is 15.4. The second-order valence-electron chi connectivity index (χ2n) is 5.89. The van der Waals surface area contributed by atoms with Gasteiger partial charge in [0.05, 0.1) is 0 Å².